The number of alkyl halides is 3. The molecule has 0 aliphatic rings. The molecule has 0 aliphatic carbocycles. The molecular formula is C10H5Cl2F3O. The van der Waals surface area contributed by atoms with Gasteiger partial charge in [0.05, 0.1) is 10.0 Å². The van der Waals surface area contributed by atoms with Crippen molar-refractivity contribution in [3.8, 4) is 0 Å². The summed E-state index contributed by atoms with van der Waals surface area (Å²) in [6.07, 6.45) is -3.38. The Morgan fingerprint density at radius 1 is 1.19 bits per heavy atom. The molecule has 0 spiro atoms. The van der Waals surface area contributed by atoms with Crippen LogP contribution in [-0.2, 0) is 4.79 Å². The van der Waals surface area contributed by atoms with Gasteiger partial charge < -0.3 is 0 Å². The summed E-state index contributed by atoms with van der Waals surface area (Å²) in [6.45, 7) is 0. The van der Waals surface area contributed by atoms with E-state index in [1.54, 1.807) is 0 Å². The maximum Gasteiger partial charge on any atom is 0.454 e. The van der Waals surface area contributed by atoms with E-state index in [2.05, 4.69) is 0 Å². The average Bonchev–Trinajstić information content (AvgIpc) is 2.18. The monoisotopic (exact) mass is 268 g/mol. The summed E-state index contributed by atoms with van der Waals surface area (Å²) < 4.78 is 35.5. The zero-order valence-electron chi connectivity index (χ0n) is 7.68. The maximum absolute atomic E-state index is 11.8. The number of hydrogen-bond acceptors (Lipinski definition) is 1. The first kappa shape index (κ1) is 13.1. The van der Waals surface area contributed by atoms with Crippen LogP contribution in [0.4, 0.5) is 13.2 Å². The van der Waals surface area contributed by atoms with Gasteiger partial charge in [-0.25, -0.2) is 0 Å². The van der Waals surface area contributed by atoms with Gasteiger partial charge in [-0.05, 0) is 23.8 Å². The zero-order chi connectivity index (χ0) is 12.3. The fourth-order valence-corrected chi connectivity index (χ4v) is 1.19. The van der Waals surface area contributed by atoms with Crippen LogP contribution in [0, 0.1) is 0 Å². The van der Waals surface area contributed by atoms with Gasteiger partial charge in [-0.1, -0.05) is 35.3 Å². The molecule has 0 fully saturated rings. The minimum atomic E-state index is -4.85. The van der Waals surface area contributed by atoms with E-state index in [4.69, 9.17) is 23.2 Å². The molecule has 1 aromatic carbocycles. The van der Waals surface area contributed by atoms with E-state index in [-0.39, 0.29) is 5.02 Å². The molecule has 0 saturated heterocycles. The fraction of sp³-hybridized carbons (Fsp3) is 0.100. The van der Waals surface area contributed by atoms with Crippen molar-refractivity contribution in [1.29, 1.82) is 0 Å². The second-order valence-corrected chi connectivity index (χ2v) is 3.68. The molecule has 86 valence electrons. The lowest BCUT2D eigenvalue weighted by Crippen LogP contribution is -2.19. The van der Waals surface area contributed by atoms with E-state index >= 15 is 0 Å². The van der Waals surface area contributed by atoms with Gasteiger partial charge in [0.2, 0.25) is 0 Å². The van der Waals surface area contributed by atoms with Crippen LogP contribution in [0.3, 0.4) is 0 Å². The van der Waals surface area contributed by atoms with E-state index < -0.39 is 12.0 Å². The molecule has 0 bridgehead atoms. The van der Waals surface area contributed by atoms with Crippen LogP contribution in [0.1, 0.15) is 5.56 Å². The van der Waals surface area contributed by atoms with Crippen LogP contribution in [-0.4, -0.2) is 12.0 Å². The van der Waals surface area contributed by atoms with Crippen molar-refractivity contribution < 1.29 is 18.0 Å². The summed E-state index contributed by atoms with van der Waals surface area (Å²) in [4.78, 5) is 10.5. The normalized spacial score (nSPS) is 12.1. The molecule has 0 radical (unpaired) electrons. The number of carbonyl (C=O) groups is 1. The topological polar surface area (TPSA) is 17.1 Å². The molecule has 0 saturated carbocycles. The number of hydrogen-bond donors (Lipinski definition) is 0. The molecule has 1 rings (SSSR count). The van der Waals surface area contributed by atoms with Crippen molar-refractivity contribution in [3.63, 3.8) is 0 Å². The van der Waals surface area contributed by atoms with Gasteiger partial charge in [0.15, 0.2) is 0 Å². The summed E-state index contributed by atoms with van der Waals surface area (Å²) in [5.74, 6) is -1.92. The van der Waals surface area contributed by atoms with Gasteiger partial charge in [0, 0.05) is 0 Å². The minimum Gasteiger partial charge on any atom is -0.285 e. The van der Waals surface area contributed by atoms with Gasteiger partial charge in [0.25, 0.3) is 5.78 Å². The predicted octanol–water partition coefficient (Wildman–Crippen LogP) is 4.14. The third-order valence-corrected chi connectivity index (χ3v) is 2.39. The van der Waals surface area contributed by atoms with Crippen LogP contribution in [0.5, 0.6) is 0 Å². The number of rotatable bonds is 2. The lowest BCUT2D eigenvalue weighted by atomic mass is 10.2. The number of halogens is 5. The Morgan fingerprint density at radius 2 is 1.81 bits per heavy atom. The van der Waals surface area contributed by atoms with Gasteiger partial charge >= 0.3 is 6.18 Å². The van der Waals surface area contributed by atoms with Crippen molar-refractivity contribution in [2.24, 2.45) is 0 Å². The lowest BCUT2D eigenvalue weighted by Gasteiger charge is -2.00. The molecule has 0 aromatic heterocycles. The van der Waals surface area contributed by atoms with Gasteiger partial charge in [-0.15, -0.1) is 0 Å². The highest BCUT2D eigenvalue weighted by Crippen LogP contribution is 2.23. The molecular weight excluding hydrogens is 264 g/mol. The third-order valence-electron chi connectivity index (χ3n) is 1.65. The van der Waals surface area contributed by atoms with Crippen LogP contribution in [0.15, 0.2) is 24.3 Å². The Morgan fingerprint density at radius 3 is 2.31 bits per heavy atom. The van der Waals surface area contributed by atoms with Crippen LogP contribution in [0.2, 0.25) is 10.0 Å². The van der Waals surface area contributed by atoms with Gasteiger partial charge in [-0.2, -0.15) is 13.2 Å². The zero-order valence-corrected chi connectivity index (χ0v) is 9.20. The Hall–Kier alpha value is -1.00. The van der Waals surface area contributed by atoms with Crippen molar-refractivity contribution >= 4 is 35.1 Å². The van der Waals surface area contributed by atoms with Crippen LogP contribution in [0.25, 0.3) is 6.08 Å². The molecule has 16 heavy (non-hydrogen) atoms. The largest absolute Gasteiger partial charge is 0.454 e. The minimum absolute atomic E-state index is 0.211. The van der Waals surface area contributed by atoms with Crippen molar-refractivity contribution in [3.05, 3.63) is 39.9 Å². The fourth-order valence-electron chi connectivity index (χ4n) is 0.882. The predicted molar refractivity (Wildman–Crippen MR) is 56.6 cm³/mol. The SMILES string of the molecule is O=C(/C=C/c1ccc(Cl)c(Cl)c1)C(F)(F)F. The van der Waals surface area contributed by atoms with Crippen molar-refractivity contribution in [2.45, 2.75) is 6.18 Å². The highest BCUT2D eigenvalue weighted by Gasteiger charge is 2.35. The van der Waals surface area contributed by atoms with Crippen LogP contribution < -0.4 is 0 Å². The van der Waals surface area contributed by atoms with Gasteiger partial charge in [0.1, 0.15) is 0 Å². The van der Waals surface area contributed by atoms with E-state index in [0.717, 1.165) is 6.08 Å². The van der Waals surface area contributed by atoms with E-state index in [1.165, 1.54) is 18.2 Å². The molecule has 0 aliphatic heterocycles. The summed E-state index contributed by atoms with van der Waals surface area (Å²) in [7, 11) is 0. The number of ketones is 1. The Bertz CT molecular complexity index is 438. The average molecular weight is 269 g/mol. The molecule has 0 amide bonds. The van der Waals surface area contributed by atoms with Gasteiger partial charge in [-0.3, -0.25) is 4.79 Å². The second-order valence-electron chi connectivity index (χ2n) is 2.87. The standard InChI is InChI=1S/C10H5Cl2F3O/c11-7-3-1-6(5-8(7)12)2-4-9(16)10(13,14)15/h1-5H/b4-2+. The number of carbonyl (C=O) groups excluding carboxylic acids is 1. The van der Waals surface area contributed by atoms with Crippen molar-refractivity contribution in [1.82, 2.24) is 0 Å². The third kappa shape index (κ3) is 3.54. The summed E-state index contributed by atoms with van der Waals surface area (Å²) in [5, 5.41) is 0.504. The number of allylic oxidation sites excluding steroid dienone is 1. The smallest absolute Gasteiger partial charge is 0.285 e. The molecule has 0 atom stereocenters. The van der Waals surface area contributed by atoms with Crippen molar-refractivity contribution in [2.75, 3.05) is 0 Å². The first-order valence-electron chi connectivity index (χ1n) is 4.05. The highest BCUT2D eigenvalue weighted by atomic mass is 35.5. The lowest BCUT2D eigenvalue weighted by molar-refractivity contribution is -0.165. The first-order chi connectivity index (χ1) is 7.30. The second kappa shape index (κ2) is 4.89. The summed E-state index contributed by atoms with van der Waals surface area (Å²) >= 11 is 11.3. The quantitative estimate of drug-likeness (QED) is 0.737. The molecule has 0 heterocycles. The maximum atomic E-state index is 11.8. The Balaban J connectivity index is 2.85. The van der Waals surface area contributed by atoms with E-state index in [1.807, 2.05) is 0 Å². The molecule has 1 aromatic rings. The van der Waals surface area contributed by atoms with Crippen LogP contribution >= 0.6 is 23.2 Å². The van der Waals surface area contributed by atoms with E-state index in [9.17, 15) is 18.0 Å². The number of benzene rings is 1. The molecule has 6 heteroatoms. The Kier molecular flexibility index (Phi) is 3.99. The summed E-state index contributed by atoms with van der Waals surface area (Å²) in [6, 6.07) is 4.25. The summed E-state index contributed by atoms with van der Waals surface area (Å²) in [5.41, 5.74) is 0.368. The first-order valence-corrected chi connectivity index (χ1v) is 4.80. The van der Waals surface area contributed by atoms with E-state index in [0.29, 0.717) is 16.7 Å². The molecule has 0 N–H and O–H groups in total. The Labute approximate surface area is 99.5 Å². The molecule has 0 unspecified atom stereocenters. The molecule has 1 nitrogen and oxygen atoms in total. The highest BCUT2D eigenvalue weighted by molar-refractivity contribution is 6.42.